The van der Waals surface area contributed by atoms with Crippen molar-refractivity contribution in [1.29, 1.82) is 0 Å². The Morgan fingerprint density at radius 2 is 1.94 bits per heavy atom. The average molecular weight is 548 g/mol. The lowest BCUT2D eigenvalue weighted by Gasteiger charge is -2.21. The zero-order chi connectivity index (χ0) is 21.6. The molecule has 0 amide bonds. The van der Waals surface area contributed by atoms with E-state index in [1.807, 2.05) is 6.92 Å². The van der Waals surface area contributed by atoms with Gasteiger partial charge in [-0.05, 0) is 59.0 Å². The average Bonchev–Trinajstić information content (AvgIpc) is 2.94. The van der Waals surface area contributed by atoms with E-state index in [0.29, 0.717) is 26.4 Å². The minimum atomic E-state index is 0. The van der Waals surface area contributed by atoms with Crippen molar-refractivity contribution in [2.24, 2.45) is 4.99 Å². The smallest absolute Gasteiger partial charge is 0.191 e. The van der Waals surface area contributed by atoms with Crippen LogP contribution in [0.4, 0.5) is 0 Å². The first-order valence-electron chi connectivity index (χ1n) is 11.4. The maximum absolute atomic E-state index is 5.95. The minimum absolute atomic E-state index is 0. The molecular weight excluding hydrogens is 505 g/mol. The Morgan fingerprint density at radius 3 is 2.71 bits per heavy atom. The fourth-order valence-corrected chi connectivity index (χ4v) is 3.44. The second kappa shape index (κ2) is 16.5. The largest absolute Gasteiger partial charge is 0.491 e. The summed E-state index contributed by atoms with van der Waals surface area (Å²) in [6, 6.07) is 6.29. The van der Waals surface area contributed by atoms with E-state index in [4.69, 9.17) is 14.5 Å². The Hall–Kier alpha value is -1.10. The van der Waals surface area contributed by atoms with Gasteiger partial charge in [-0.2, -0.15) is 0 Å². The second-order valence-corrected chi connectivity index (χ2v) is 7.78. The minimum Gasteiger partial charge on any atom is -0.491 e. The topological polar surface area (TPSA) is 61.4 Å². The van der Waals surface area contributed by atoms with Crippen LogP contribution in [0.25, 0.3) is 0 Å². The number of aliphatic imine (C=N–C) groups is 1. The summed E-state index contributed by atoms with van der Waals surface area (Å²) in [7, 11) is 2.21. The van der Waals surface area contributed by atoms with E-state index in [2.05, 4.69) is 59.5 Å². The number of hydrogen-bond acceptors (Lipinski definition) is 5. The molecule has 1 aromatic rings. The molecule has 8 heteroatoms. The van der Waals surface area contributed by atoms with Crippen molar-refractivity contribution in [3.05, 3.63) is 29.3 Å². The zero-order valence-corrected chi connectivity index (χ0v) is 22.1. The highest BCUT2D eigenvalue weighted by atomic mass is 127. The number of guanidine groups is 1. The van der Waals surface area contributed by atoms with E-state index in [1.54, 1.807) is 0 Å². The van der Waals surface area contributed by atoms with Crippen LogP contribution in [0.1, 0.15) is 31.4 Å². The molecule has 0 aliphatic carbocycles. The molecule has 1 fully saturated rings. The van der Waals surface area contributed by atoms with Gasteiger partial charge < -0.3 is 29.9 Å². The SMILES string of the molecule is CCNC(=NCc1ccc(C)cc1OCCOCC)NCCN1CCCN(C)CC1.I. The van der Waals surface area contributed by atoms with E-state index in [-0.39, 0.29) is 24.0 Å². The molecule has 0 aromatic heterocycles. The summed E-state index contributed by atoms with van der Waals surface area (Å²) in [5, 5.41) is 6.84. The van der Waals surface area contributed by atoms with Gasteiger partial charge in [0, 0.05) is 44.9 Å². The van der Waals surface area contributed by atoms with Gasteiger partial charge in [0.15, 0.2) is 5.96 Å². The molecule has 1 aliphatic heterocycles. The molecule has 0 spiro atoms. The number of rotatable bonds is 11. The van der Waals surface area contributed by atoms with Gasteiger partial charge in [-0.15, -0.1) is 24.0 Å². The molecule has 0 saturated carbocycles. The highest BCUT2D eigenvalue weighted by Crippen LogP contribution is 2.21. The Balaban J connectivity index is 0.00000480. The van der Waals surface area contributed by atoms with Crippen LogP contribution in [0.5, 0.6) is 5.75 Å². The van der Waals surface area contributed by atoms with Crippen molar-refractivity contribution in [2.75, 3.05) is 72.7 Å². The van der Waals surface area contributed by atoms with Gasteiger partial charge >= 0.3 is 0 Å². The highest BCUT2D eigenvalue weighted by molar-refractivity contribution is 14.0. The van der Waals surface area contributed by atoms with Crippen LogP contribution in [0.15, 0.2) is 23.2 Å². The predicted octanol–water partition coefficient (Wildman–Crippen LogP) is 2.72. The summed E-state index contributed by atoms with van der Waals surface area (Å²) >= 11 is 0. The molecule has 0 radical (unpaired) electrons. The maximum Gasteiger partial charge on any atom is 0.191 e. The van der Waals surface area contributed by atoms with Crippen LogP contribution in [0, 0.1) is 6.92 Å². The van der Waals surface area contributed by atoms with E-state index >= 15 is 0 Å². The third-order valence-electron chi connectivity index (χ3n) is 5.20. The lowest BCUT2D eigenvalue weighted by molar-refractivity contribution is 0.110. The molecule has 178 valence electrons. The van der Waals surface area contributed by atoms with Crippen LogP contribution >= 0.6 is 24.0 Å². The Labute approximate surface area is 206 Å². The molecular formula is C23H42IN5O2. The first kappa shape index (κ1) is 27.9. The number of halogens is 1. The highest BCUT2D eigenvalue weighted by Gasteiger charge is 2.11. The summed E-state index contributed by atoms with van der Waals surface area (Å²) in [5.74, 6) is 1.74. The lowest BCUT2D eigenvalue weighted by Crippen LogP contribution is -2.42. The van der Waals surface area contributed by atoms with Crippen LogP contribution in [0.3, 0.4) is 0 Å². The maximum atomic E-state index is 5.95. The van der Waals surface area contributed by atoms with Crippen molar-refractivity contribution in [1.82, 2.24) is 20.4 Å². The van der Waals surface area contributed by atoms with Crippen LogP contribution < -0.4 is 15.4 Å². The molecule has 1 saturated heterocycles. The summed E-state index contributed by atoms with van der Waals surface area (Å²) in [5.41, 5.74) is 2.27. The van der Waals surface area contributed by atoms with Gasteiger partial charge in [0.1, 0.15) is 12.4 Å². The van der Waals surface area contributed by atoms with Crippen molar-refractivity contribution in [2.45, 2.75) is 33.7 Å². The van der Waals surface area contributed by atoms with Crippen LogP contribution in [-0.2, 0) is 11.3 Å². The normalized spacial score (nSPS) is 15.8. The second-order valence-electron chi connectivity index (χ2n) is 7.78. The molecule has 0 unspecified atom stereocenters. The standard InChI is InChI=1S/C23H41N5O2.HI/c1-5-24-23(25-10-13-28-12-7-11-27(4)14-15-28)26-19-21-9-8-20(3)18-22(21)30-17-16-29-6-2;/h8-9,18H,5-7,10-17,19H2,1-4H3,(H2,24,25,26);1H. The van der Waals surface area contributed by atoms with E-state index in [9.17, 15) is 0 Å². The van der Waals surface area contributed by atoms with Gasteiger partial charge in [-0.3, -0.25) is 0 Å². The number of likely N-dealkylation sites (N-methyl/N-ethyl adjacent to an activating group) is 1. The number of nitrogens with one attached hydrogen (secondary N) is 2. The van der Waals surface area contributed by atoms with Gasteiger partial charge in [0.25, 0.3) is 0 Å². The Kier molecular flexibility index (Phi) is 14.9. The van der Waals surface area contributed by atoms with Gasteiger partial charge in [-0.1, -0.05) is 12.1 Å². The van der Waals surface area contributed by atoms with Crippen molar-refractivity contribution >= 4 is 29.9 Å². The van der Waals surface area contributed by atoms with Crippen LogP contribution in [-0.4, -0.2) is 88.4 Å². The third-order valence-corrected chi connectivity index (χ3v) is 5.20. The first-order chi connectivity index (χ1) is 14.6. The quantitative estimate of drug-likeness (QED) is 0.192. The Bertz CT molecular complexity index is 644. The van der Waals surface area contributed by atoms with Crippen molar-refractivity contribution in [3.8, 4) is 5.75 Å². The summed E-state index contributed by atoms with van der Waals surface area (Å²) in [6.45, 7) is 16.0. The van der Waals surface area contributed by atoms with E-state index in [0.717, 1.165) is 50.0 Å². The molecule has 1 aliphatic rings. The van der Waals surface area contributed by atoms with Gasteiger partial charge in [0.2, 0.25) is 0 Å². The molecule has 0 bridgehead atoms. The molecule has 7 nitrogen and oxygen atoms in total. The first-order valence-corrected chi connectivity index (χ1v) is 11.4. The predicted molar refractivity (Wildman–Crippen MR) is 140 cm³/mol. The summed E-state index contributed by atoms with van der Waals surface area (Å²) < 4.78 is 11.3. The van der Waals surface area contributed by atoms with Gasteiger partial charge in [-0.25, -0.2) is 4.99 Å². The fourth-order valence-electron chi connectivity index (χ4n) is 3.44. The molecule has 2 N–H and O–H groups in total. The number of benzene rings is 1. The van der Waals surface area contributed by atoms with Gasteiger partial charge in [0.05, 0.1) is 13.2 Å². The lowest BCUT2D eigenvalue weighted by atomic mass is 10.1. The van der Waals surface area contributed by atoms with Crippen molar-refractivity contribution < 1.29 is 9.47 Å². The molecule has 1 aromatic carbocycles. The molecule has 31 heavy (non-hydrogen) atoms. The Morgan fingerprint density at radius 1 is 1.10 bits per heavy atom. The molecule has 0 atom stereocenters. The van der Waals surface area contributed by atoms with E-state index < -0.39 is 0 Å². The fraction of sp³-hybridized carbons (Fsp3) is 0.696. The third kappa shape index (κ3) is 11.4. The van der Waals surface area contributed by atoms with Crippen molar-refractivity contribution in [3.63, 3.8) is 0 Å². The number of hydrogen-bond donors (Lipinski definition) is 2. The van der Waals surface area contributed by atoms with Crippen LogP contribution in [0.2, 0.25) is 0 Å². The molecule has 1 heterocycles. The number of nitrogens with zero attached hydrogens (tertiary/aromatic N) is 3. The summed E-state index contributed by atoms with van der Waals surface area (Å²) in [6.07, 6.45) is 1.24. The molecule has 2 rings (SSSR count). The summed E-state index contributed by atoms with van der Waals surface area (Å²) in [4.78, 5) is 9.73. The number of aryl methyl sites for hydroxylation is 1. The number of ether oxygens (including phenoxy) is 2. The van der Waals surface area contributed by atoms with E-state index in [1.165, 1.54) is 25.1 Å². The zero-order valence-electron chi connectivity index (χ0n) is 19.8. The monoisotopic (exact) mass is 547 g/mol.